The van der Waals surface area contributed by atoms with Crippen LogP contribution in [0.25, 0.3) is 0 Å². The lowest BCUT2D eigenvalue weighted by Gasteiger charge is -1.98. The van der Waals surface area contributed by atoms with Crippen molar-refractivity contribution in [1.29, 1.82) is 0 Å². The average molecular weight is 218 g/mol. The van der Waals surface area contributed by atoms with E-state index < -0.39 is 7.60 Å². The SMILES string of the molecule is CCCCP(=O)(O)O.c1cncnc1. The van der Waals surface area contributed by atoms with E-state index in [1.165, 1.54) is 6.33 Å². The first-order valence-electron chi connectivity index (χ1n) is 4.31. The Bertz CT molecular complexity index is 236. The molecule has 0 aliphatic carbocycles. The number of aromatic nitrogens is 2. The summed E-state index contributed by atoms with van der Waals surface area (Å²) < 4.78 is 10.1. The Hall–Kier alpha value is -0.770. The molecular weight excluding hydrogens is 203 g/mol. The minimum absolute atomic E-state index is 0.0312. The Labute approximate surface area is 83.4 Å². The number of hydrogen-bond donors (Lipinski definition) is 2. The van der Waals surface area contributed by atoms with Gasteiger partial charge in [-0.25, -0.2) is 9.97 Å². The van der Waals surface area contributed by atoms with Crippen LogP contribution in [0.5, 0.6) is 0 Å². The predicted octanol–water partition coefficient (Wildman–Crippen LogP) is 1.44. The fourth-order valence-corrected chi connectivity index (χ4v) is 1.35. The number of unbranched alkanes of at least 4 members (excludes halogenated alkanes) is 1. The minimum atomic E-state index is -3.68. The lowest BCUT2D eigenvalue weighted by atomic mass is 10.4. The molecule has 0 spiro atoms. The maximum atomic E-state index is 10.1. The lowest BCUT2D eigenvalue weighted by molar-refractivity contribution is 0.371. The van der Waals surface area contributed by atoms with E-state index in [1.807, 2.05) is 6.92 Å². The van der Waals surface area contributed by atoms with Gasteiger partial charge < -0.3 is 9.79 Å². The Morgan fingerprint density at radius 2 is 1.86 bits per heavy atom. The quantitative estimate of drug-likeness (QED) is 0.750. The molecule has 0 aromatic carbocycles. The Balaban J connectivity index is 0.000000249. The fourth-order valence-electron chi connectivity index (χ4n) is 0.617. The van der Waals surface area contributed by atoms with E-state index in [2.05, 4.69) is 9.97 Å². The maximum absolute atomic E-state index is 10.1. The summed E-state index contributed by atoms with van der Waals surface area (Å²) in [5.74, 6) is 0. The molecule has 1 heterocycles. The fraction of sp³-hybridized carbons (Fsp3) is 0.500. The van der Waals surface area contributed by atoms with E-state index in [9.17, 15) is 4.57 Å². The maximum Gasteiger partial charge on any atom is 0.325 e. The topological polar surface area (TPSA) is 83.3 Å². The molecule has 0 bridgehead atoms. The molecule has 6 heteroatoms. The summed E-state index contributed by atoms with van der Waals surface area (Å²) in [6, 6.07) is 1.78. The summed E-state index contributed by atoms with van der Waals surface area (Å²) in [7, 11) is -3.68. The molecule has 0 fully saturated rings. The number of rotatable bonds is 3. The summed E-state index contributed by atoms with van der Waals surface area (Å²) in [5.41, 5.74) is 0. The van der Waals surface area contributed by atoms with Crippen LogP contribution in [0.4, 0.5) is 0 Å². The highest BCUT2D eigenvalue weighted by Crippen LogP contribution is 2.34. The predicted molar refractivity (Wildman–Crippen MR) is 53.9 cm³/mol. The summed E-state index contributed by atoms with van der Waals surface area (Å²) in [6.07, 6.45) is 6.36. The molecule has 0 atom stereocenters. The second-order valence-corrected chi connectivity index (χ2v) is 4.42. The molecule has 1 aromatic heterocycles. The zero-order valence-corrected chi connectivity index (χ0v) is 8.97. The monoisotopic (exact) mass is 218 g/mol. The van der Waals surface area contributed by atoms with Crippen molar-refractivity contribution >= 4 is 7.60 Å². The van der Waals surface area contributed by atoms with E-state index in [-0.39, 0.29) is 6.16 Å². The van der Waals surface area contributed by atoms with Crippen molar-refractivity contribution in [3.05, 3.63) is 24.8 Å². The molecule has 80 valence electrons. The molecule has 0 unspecified atom stereocenters. The molecule has 2 N–H and O–H groups in total. The highest BCUT2D eigenvalue weighted by molar-refractivity contribution is 7.51. The summed E-state index contributed by atoms with van der Waals surface area (Å²) in [5, 5.41) is 0. The van der Waals surface area contributed by atoms with Gasteiger partial charge in [-0.3, -0.25) is 4.57 Å². The molecule has 0 amide bonds. The van der Waals surface area contributed by atoms with Crippen molar-refractivity contribution in [3.8, 4) is 0 Å². The van der Waals surface area contributed by atoms with Gasteiger partial charge in [-0.2, -0.15) is 0 Å². The van der Waals surface area contributed by atoms with Gasteiger partial charge in [-0.1, -0.05) is 13.3 Å². The highest BCUT2D eigenvalue weighted by atomic mass is 31.2. The summed E-state index contributed by atoms with van der Waals surface area (Å²) >= 11 is 0. The molecule has 0 aliphatic heterocycles. The smallest absolute Gasteiger partial charge is 0.324 e. The molecular formula is C8H15N2O3P. The molecule has 0 radical (unpaired) electrons. The van der Waals surface area contributed by atoms with Gasteiger partial charge in [-0.05, 0) is 12.5 Å². The van der Waals surface area contributed by atoms with Gasteiger partial charge in [-0.15, -0.1) is 0 Å². The Morgan fingerprint density at radius 1 is 1.29 bits per heavy atom. The van der Waals surface area contributed by atoms with E-state index >= 15 is 0 Å². The number of hydrogen-bond acceptors (Lipinski definition) is 3. The normalized spacial score (nSPS) is 10.2. The van der Waals surface area contributed by atoms with Crippen molar-refractivity contribution in [2.24, 2.45) is 0 Å². The van der Waals surface area contributed by atoms with Crippen LogP contribution >= 0.6 is 7.60 Å². The van der Waals surface area contributed by atoms with E-state index in [0.29, 0.717) is 6.42 Å². The molecule has 5 nitrogen and oxygen atoms in total. The summed E-state index contributed by atoms with van der Waals surface area (Å²) in [6.45, 7) is 1.90. The summed E-state index contributed by atoms with van der Waals surface area (Å²) in [4.78, 5) is 23.9. The van der Waals surface area contributed by atoms with E-state index in [1.54, 1.807) is 18.5 Å². The third-order valence-corrected chi connectivity index (χ3v) is 2.18. The van der Waals surface area contributed by atoms with Gasteiger partial charge >= 0.3 is 7.60 Å². The third kappa shape index (κ3) is 11.2. The third-order valence-electron chi connectivity index (χ3n) is 1.28. The van der Waals surface area contributed by atoms with E-state index in [4.69, 9.17) is 9.79 Å². The van der Waals surface area contributed by atoms with E-state index in [0.717, 1.165) is 6.42 Å². The Morgan fingerprint density at radius 3 is 2.00 bits per heavy atom. The molecule has 14 heavy (non-hydrogen) atoms. The number of nitrogens with zero attached hydrogens (tertiary/aromatic N) is 2. The van der Waals surface area contributed by atoms with Crippen molar-refractivity contribution in [1.82, 2.24) is 9.97 Å². The first-order valence-corrected chi connectivity index (χ1v) is 6.10. The van der Waals surface area contributed by atoms with Crippen LogP contribution in [0, 0.1) is 0 Å². The van der Waals surface area contributed by atoms with Crippen molar-refractivity contribution in [3.63, 3.8) is 0 Å². The first-order chi connectivity index (χ1) is 6.56. The minimum Gasteiger partial charge on any atom is -0.324 e. The van der Waals surface area contributed by atoms with Gasteiger partial charge in [0.05, 0.1) is 0 Å². The average Bonchev–Trinajstić information content (AvgIpc) is 2.17. The van der Waals surface area contributed by atoms with Crippen molar-refractivity contribution < 1.29 is 14.4 Å². The van der Waals surface area contributed by atoms with Crippen molar-refractivity contribution in [2.45, 2.75) is 19.8 Å². The Kier molecular flexibility index (Phi) is 7.20. The first kappa shape index (κ1) is 13.2. The molecule has 0 saturated carbocycles. The lowest BCUT2D eigenvalue weighted by Crippen LogP contribution is -1.84. The molecule has 1 aromatic rings. The molecule has 0 aliphatic rings. The van der Waals surface area contributed by atoms with Crippen LogP contribution in [0.3, 0.4) is 0 Å². The standard InChI is InChI=1S/C4H4N2.C4H11O3P/c1-2-5-4-6-3-1;1-2-3-4-8(5,6)7/h1-4H;2-4H2,1H3,(H2,5,6,7). The second kappa shape index (κ2) is 7.62. The second-order valence-electron chi connectivity index (χ2n) is 2.65. The highest BCUT2D eigenvalue weighted by Gasteiger charge is 2.09. The molecule has 0 saturated heterocycles. The van der Waals surface area contributed by atoms with Crippen LogP contribution < -0.4 is 0 Å². The van der Waals surface area contributed by atoms with Gasteiger partial charge in [0.1, 0.15) is 6.33 Å². The largest absolute Gasteiger partial charge is 0.325 e. The van der Waals surface area contributed by atoms with Gasteiger partial charge in [0.2, 0.25) is 0 Å². The van der Waals surface area contributed by atoms with Crippen LogP contribution in [0.2, 0.25) is 0 Å². The van der Waals surface area contributed by atoms with Gasteiger partial charge in [0.25, 0.3) is 0 Å². The van der Waals surface area contributed by atoms with Crippen LogP contribution in [-0.2, 0) is 4.57 Å². The van der Waals surface area contributed by atoms with Crippen LogP contribution in [-0.4, -0.2) is 25.9 Å². The van der Waals surface area contributed by atoms with Crippen LogP contribution in [0.1, 0.15) is 19.8 Å². The van der Waals surface area contributed by atoms with Gasteiger partial charge in [0.15, 0.2) is 0 Å². The van der Waals surface area contributed by atoms with Crippen LogP contribution in [0.15, 0.2) is 24.8 Å². The van der Waals surface area contributed by atoms with Gasteiger partial charge in [0, 0.05) is 18.6 Å². The van der Waals surface area contributed by atoms with Crippen molar-refractivity contribution in [2.75, 3.05) is 6.16 Å². The molecule has 1 rings (SSSR count). The zero-order valence-electron chi connectivity index (χ0n) is 8.08. The zero-order chi connectivity index (χ0) is 10.9.